The predicted octanol–water partition coefficient (Wildman–Crippen LogP) is 5.35. The monoisotopic (exact) mass is 473 g/mol. The summed E-state index contributed by atoms with van der Waals surface area (Å²) in [5.41, 5.74) is 4.65. The van der Waals surface area contributed by atoms with E-state index in [1.807, 2.05) is 32.0 Å². The highest BCUT2D eigenvalue weighted by atomic mass is 35.5. The fourth-order valence-electron chi connectivity index (χ4n) is 3.78. The van der Waals surface area contributed by atoms with Crippen LogP contribution in [0.2, 0.25) is 5.02 Å². The van der Waals surface area contributed by atoms with Gasteiger partial charge in [-0.3, -0.25) is 19.3 Å². The van der Waals surface area contributed by atoms with Gasteiger partial charge in [-0.1, -0.05) is 41.9 Å². The summed E-state index contributed by atoms with van der Waals surface area (Å²) < 4.78 is 0. The predicted molar refractivity (Wildman–Crippen MR) is 136 cm³/mol. The molecule has 1 heterocycles. The second-order valence-corrected chi connectivity index (χ2v) is 8.60. The van der Waals surface area contributed by atoms with Crippen molar-refractivity contribution in [2.75, 3.05) is 15.5 Å². The van der Waals surface area contributed by atoms with Crippen LogP contribution >= 0.6 is 11.6 Å². The maximum Gasteiger partial charge on any atom is 0.251 e. The van der Waals surface area contributed by atoms with Crippen molar-refractivity contribution in [1.29, 1.82) is 0 Å². The Labute approximate surface area is 203 Å². The Balaban J connectivity index is 1.59. The molecule has 2 N–H and O–H groups in total. The van der Waals surface area contributed by atoms with Crippen LogP contribution in [-0.2, 0) is 14.4 Å². The van der Waals surface area contributed by atoms with Crippen LogP contribution in [-0.4, -0.2) is 23.8 Å². The Morgan fingerprint density at radius 2 is 1.76 bits per heavy atom. The number of nitrogens with one attached hydrogen (secondary N) is 2. The summed E-state index contributed by atoms with van der Waals surface area (Å²) in [4.78, 5) is 40.5. The SMILES string of the molecule is Cc1ccc(NC(=O)CC2C(=O)Nc3ccccc3N2C(=O)/C=C/c2ccc(Cl)cc2)cc1C. The quantitative estimate of drug-likeness (QED) is 0.490. The second kappa shape index (κ2) is 9.93. The molecular formula is C27H24ClN3O3. The van der Waals surface area contributed by atoms with E-state index in [9.17, 15) is 14.4 Å². The van der Waals surface area contributed by atoms with E-state index >= 15 is 0 Å². The second-order valence-electron chi connectivity index (χ2n) is 8.17. The van der Waals surface area contributed by atoms with Gasteiger partial charge in [0, 0.05) is 16.8 Å². The normalized spacial score (nSPS) is 15.1. The van der Waals surface area contributed by atoms with Crippen LogP contribution in [0.5, 0.6) is 0 Å². The van der Waals surface area contributed by atoms with Gasteiger partial charge in [-0.2, -0.15) is 0 Å². The number of benzene rings is 3. The first-order valence-electron chi connectivity index (χ1n) is 10.9. The zero-order chi connectivity index (χ0) is 24.2. The minimum atomic E-state index is -0.996. The topological polar surface area (TPSA) is 78.5 Å². The van der Waals surface area contributed by atoms with Crippen molar-refractivity contribution in [1.82, 2.24) is 0 Å². The van der Waals surface area contributed by atoms with Gasteiger partial charge < -0.3 is 10.6 Å². The summed E-state index contributed by atoms with van der Waals surface area (Å²) in [5, 5.41) is 6.24. The molecule has 6 nitrogen and oxygen atoms in total. The molecule has 172 valence electrons. The molecule has 0 aliphatic carbocycles. The number of carbonyl (C=O) groups excluding carboxylic acids is 3. The zero-order valence-electron chi connectivity index (χ0n) is 18.8. The Kier molecular flexibility index (Phi) is 6.80. The summed E-state index contributed by atoms with van der Waals surface area (Å²) in [7, 11) is 0. The molecule has 0 aromatic heterocycles. The van der Waals surface area contributed by atoms with Crippen LogP contribution in [0, 0.1) is 13.8 Å². The van der Waals surface area contributed by atoms with Crippen LogP contribution < -0.4 is 15.5 Å². The Morgan fingerprint density at radius 3 is 2.50 bits per heavy atom. The molecule has 7 heteroatoms. The molecule has 3 aromatic rings. The average molecular weight is 474 g/mol. The average Bonchev–Trinajstić information content (AvgIpc) is 2.81. The van der Waals surface area contributed by atoms with Gasteiger partial charge in [-0.25, -0.2) is 0 Å². The van der Waals surface area contributed by atoms with Crippen LogP contribution in [0.15, 0.2) is 72.8 Å². The van der Waals surface area contributed by atoms with E-state index in [1.165, 1.54) is 11.0 Å². The lowest BCUT2D eigenvalue weighted by atomic mass is 10.0. The largest absolute Gasteiger partial charge is 0.326 e. The lowest BCUT2D eigenvalue weighted by Gasteiger charge is -2.35. The molecule has 1 atom stereocenters. The van der Waals surface area contributed by atoms with Crippen LogP contribution in [0.1, 0.15) is 23.1 Å². The van der Waals surface area contributed by atoms with Gasteiger partial charge in [0.2, 0.25) is 11.8 Å². The minimum absolute atomic E-state index is 0.187. The summed E-state index contributed by atoms with van der Waals surface area (Å²) in [6.45, 7) is 3.95. The summed E-state index contributed by atoms with van der Waals surface area (Å²) in [6.07, 6.45) is 2.86. The van der Waals surface area contributed by atoms with Crippen LogP contribution in [0.4, 0.5) is 17.1 Å². The van der Waals surface area contributed by atoms with Gasteiger partial charge in [0.1, 0.15) is 6.04 Å². The molecule has 1 aliphatic heterocycles. The van der Waals surface area contributed by atoms with Gasteiger partial charge in [-0.05, 0) is 73.0 Å². The van der Waals surface area contributed by atoms with Crippen molar-refractivity contribution in [3.8, 4) is 0 Å². The number of hydrogen-bond acceptors (Lipinski definition) is 3. The maximum atomic E-state index is 13.3. The van der Waals surface area contributed by atoms with Crippen molar-refractivity contribution in [2.45, 2.75) is 26.3 Å². The third kappa shape index (κ3) is 5.18. The standard InChI is InChI=1S/C27H24ClN3O3/c1-17-7-13-21(15-18(17)2)29-25(32)16-24-27(34)30-22-5-3-4-6-23(22)31(24)26(33)14-10-19-8-11-20(28)12-9-19/h3-15,24H,16H2,1-2H3,(H,29,32)(H,30,34)/b14-10+. The fourth-order valence-corrected chi connectivity index (χ4v) is 3.90. The van der Waals surface area contributed by atoms with Gasteiger partial charge >= 0.3 is 0 Å². The highest BCUT2D eigenvalue weighted by molar-refractivity contribution is 6.30. The molecule has 0 saturated carbocycles. The van der Waals surface area contributed by atoms with Crippen LogP contribution in [0.25, 0.3) is 6.08 Å². The summed E-state index contributed by atoms with van der Waals surface area (Å²) in [5.74, 6) is -1.18. The minimum Gasteiger partial charge on any atom is -0.326 e. The highest BCUT2D eigenvalue weighted by Crippen LogP contribution is 2.33. The van der Waals surface area contributed by atoms with Crippen LogP contribution in [0.3, 0.4) is 0 Å². The van der Waals surface area contributed by atoms with E-state index in [0.717, 1.165) is 16.7 Å². The lowest BCUT2D eigenvalue weighted by Crippen LogP contribution is -2.52. The molecule has 0 radical (unpaired) electrons. The van der Waals surface area contributed by atoms with Gasteiger partial charge in [0.05, 0.1) is 17.8 Å². The summed E-state index contributed by atoms with van der Waals surface area (Å²) >= 11 is 5.93. The van der Waals surface area contributed by atoms with E-state index in [1.54, 1.807) is 54.6 Å². The molecule has 3 amide bonds. The third-order valence-electron chi connectivity index (χ3n) is 5.73. The Bertz CT molecular complexity index is 1280. The molecule has 4 rings (SSSR count). The first-order valence-corrected chi connectivity index (χ1v) is 11.2. The van der Waals surface area contributed by atoms with Crippen molar-refractivity contribution >= 4 is 52.5 Å². The molecule has 0 bridgehead atoms. The number of anilines is 3. The highest BCUT2D eigenvalue weighted by Gasteiger charge is 2.37. The van der Waals surface area contributed by atoms with Gasteiger partial charge in [-0.15, -0.1) is 0 Å². The molecule has 0 spiro atoms. The molecule has 0 fully saturated rings. The number of rotatable bonds is 5. The van der Waals surface area contributed by atoms with Gasteiger partial charge in [0.25, 0.3) is 5.91 Å². The zero-order valence-corrected chi connectivity index (χ0v) is 19.6. The molecule has 1 unspecified atom stereocenters. The lowest BCUT2D eigenvalue weighted by molar-refractivity contribution is -0.124. The number of amides is 3. The summed E-state index contributed by atoms with van der Waals surface area (Å²) in [6, 6.07) is 18.7. The molecule has 34 heavy (non-hydrogen) atoms. The van der Waals surface area contributed by atoms with Crippen molar-refractivity contribution in [2.24, 2.45) is 0 Å². The van der Waals surface area contributed by atoms with Gasteiger partial charge in [0.15, 0.2) is 0 Å². The van der Waals surface area contributed by atoms with E-state index in [4.69, 9.17) is 11.6 Å². The number of carbonyl (C=O) groups is 3. The van der Waals surface area contributed by atoms with E-state index in [0.29, 0.717) is 22.1 Å². The molecule has 3 aromatic carbocycles. The number of halogens is 1. The van der Waals surface area contributed by atoms with E-state index in [-0.39, 0.29) is 12.3 Å². The Morgan fingerprint density at radius 1 is 1.03 bits per heavy atom. The van der Waals surface area contributed by atoms with Crippen molar-refractivity contribution in [3.63, 3.8) is 0 Å². The number of para-hydroxylation sites is 2. The first kappa shape index (κ1) is 23.3. The number of fused-ring (bicyclic) bond motifs is 1. The molecule has 0 saturated heterocycles. The maximum absolute atomic E-state index is 13.3. The first-order chi connectivity index (χ1) is 16.3. The Hall–Kier alpha value is -3.90. The van der Waals surface area contributed by atoms with Crippen molar-refractivity contribution in [3.05, 3.63) is 94.5 Å². The smallest absolute Gasteiger partial charge is 0.251 e. The van der Waals surface area contributed by atoms with Crippen molar-refractivity contribution < 1.29 is 14.4 Å². The number of nitrogens with zero attached hydrogens (tertiary/aromatic N) is 1. The number of aryl methyl sites for hydroxylation is 2. The molecular weight excluding hydrogens is 450 g/mol. The third-order valence-corrected chi connectivity index (χ3v) is 5.98. The van der Waals surface area contributed by atoms with E-state index < -0.39 is 17.9 Å². The number of hydrogen-bond donors (Lipinski definition) is 2. The fraction of sp³-hybridized carbons (Fsp3) is 0.148. The molecule has 1 aliphatic rings. The van der Waals surface area contributed by atoms with E-state index in [2.05, 4.69) is 10.6 Å².